The van der Waals surface area contributed by atoms with Gasteiger partial charge >= 0.3 is 11.9 Å². The van der Waals surface area contributed by atoms with Crippen LogP contribution in [0.15, 0.2) is 28.9 Å². The Morgan fingerprint density at radius 2 is 2.08 bits per heavy atom. The first kappa shape index (κ1) is 17.0. The van der Waals surface area contributed by atoms with E-state index in [9.17, 15) is 14.7 Å². The Hall–Kier alpha value is -1.86. The molecule has 6 nitrogen and oxygen atoms in total. The predicted octanol–water partition coefficient (Wildman–Crippen LogP) is 2.94. The van der Waals surface area contributed by atoms with Crippen molar-refractivity contribution in [1.29, 1.82) is 0 Å². The lowest BCUT2D eigenvalue weighted by molar-refractivity contribution is -0.148. The van der Waals surface area contributed by atoms with Crippen LogP contribution in [0.1, 0.15) is 24.4 Å². The van der Waals surface area contributed by atoms with Gasteiger partial charge in [0.1, 0.15) is 6.04 Å². The summed E-state index contributed by atoms with van der Waals surface area (Å²) >= 11 is 3.44. The molecule has 0 bridgehead atoms. The maximum absolute atomic E-state index is 11.9. The number of ether oxygens (including phenoxy) is 1. The van der Waals surface area contributed by atoms with Crippen LogP contribution in [0, 0.1) is 5.92 Å². The molecular formula is C17H19BrN2O4. The molecule has 7 heteroatoms. The molecule has 0 saturated carbocycles. The summed E-state index contributed by atoms with van der Waals surface area (Å²) in [5, 5.41) is 10.7. The molecular weight excluding hydrogens is 376 g/mol. The lowest BCUT2D eigenvalue weighted by atomic mass is 9.94. The SMILES string of the molecule is COC(=O)C1CCN([C@@H](C(=O)O)c2c[nH]c3ccc(Br)cc23)CC1. The van der Waals surface area contributed by atoms with Gasteiger partial charge in [-0.05, 0) is 31.0 Å². The summed E-state index contributed by atoms with van der Waals surface area (Å²) in [6.45, 7) is 1.11. The predicted molar refractivity (Wildman–Crippen MR) is 92.7 cm³/mol. The highest BCUT2D eigenvalue weighted by molar-refractivity contribution is 9.10. The van der Waals surface area contributed by atoms with Crippen LogP contribution >= 0.6 is 15.9 Å². The Bertz CT molecular complexity index is 765. The molecule has 1 atom stereocenters. The Balaban J connectivity index is 1.87. The molecule has 128 valence electrons. The largest absolute Gasteiger partial charge is 0.480 e. The Labute approximate surface area is 147 Å². The second-order valence-corrected chi connectivity index (χ2v) is 6.92. The van der Waals surface area contributed by atoms with Gasteiger partial charge in [0.05, 0.1) is 13.0 Å². The second-order valence-electron chi connectivity index (χ2n) is 6.01. The molecule has 0 unspecified atom stereocenters. The number of aliphatic carboxylic acids is 1. The molecule has 1 fully saturated rings. The number of carboxylic acid groups (broad SMARTS) is 1. The molecule has 24 heavy (non-hydrogen) atoms. The molecule has 0 amide bonds. The number of nitrogens with one attached hydrogen (secondary N) is 1. The number of aromatic nitrogens is 1. The zero-order valence-electron chi connectivity index (χ0n) is 13.3. The summed E-state index contributed by atoms with van der Waals surface area (Å²) in [5.74, 6) is -1.23. The van der Waals surface area contributed by atoms with Crippen molar-refractivity contribution in [2.45, 2.75) is 18.9 Å². The van der Waals surface area contributed by atoms with Crippen molar-refractivity contribution in [2.24, 2.45) is 5.92 Å². The van der Waals surface area contributed by atoms with Crippen LogP contribution in [0.2, 0.25) is 0 Å². The standard InChI is InChI=1S/C17H19BrN2O4/c1-24-17(23)10-4-6-20(7-5-10)15(16(21)22)13-9-19-14-3-2-11(18)8-12(13)14/h2-3,8-10,15,19H,4-7H2,1H3,(H,21,22)/t15-/m1/s1. The third-order valence-electron chi connectivity index (χ3n) is 4.63. The molecule has 0 spiro atoms. The minimum Gasteiger partial charge on any atom is -0.480 e. The highest BCUT2D eigenvalue weighted by Gasteiger charge is 2.34. The molecule has 1 aromatic carbocycles. The fourth-order valence-corrected chi connectivity index (χ4v) is 3.75. The number of nitrogens with zero attached hydrogens (tertiary/aromatic N) is 1. The fourth-order valence-electron chi connectivity index (χ4n) is 3.39. The zero-order chi connectivity index (χ0) is 17.3. The van der Waals surface area contributed by atoms with E-state index in [2.05, 4.69) is 20.9 Å². The average Bonchev–Trinajstić information content (AvgIpc) is 2.97. The zero-order valence-corrected chi connectivity index (χ0v) is 14.9. The van der Waals surface area contributed by atoms with E-state index >= 15 is 0 Å². The van der Waals surface area contributed by atoms with Crippen LogP contribution in [0.25, 0.3) is 10.9 Å². The second kappa shape index (κ2) is 6.94. The number of hydrogen-bond acceptors (Lipinski definition) is 4. The first-order valence-electron chi connectivity index (χ1n) is 7.82. The number of esters is 1. The molecule has 1 aromatic heterocycles. The number of fused-ring (bicyclic) bond motifs is 1. The number of aromatic amines is 1. The minimum absolute atomic E-state index is 0.141. The summed E-state index contributed by atoms with van der Waals surface area (Å²) in [7, 11) is 1.39. The molecule has 1 aliphatic rings. The molecule has 1 aliphatic heterocycles. The van der Waals surface area contributed by atoms with Gasteiger partial charge in [-0.2, -0.15) is 0 Å². The molecule has 2 N–H and O–H groups in total. The van der Waals surface area contributed by atoms with E-state index in [-0.39, 0.29) is 11.9 Å². The number of benzene rings is 1. The molecule has 2 heterocycles. The van der Waals surface area contributed by atoms with E-state index in [0.29, 0.717) is 25.9 Å². The van der Waals surface area contributed by atoms with Crippen molar-refractivity contribution in [3.05, 3.63) is 34.4 Å². The van der Waals surface area contributed by atoms with E-state index in [0.717, 1.165) is 20.9 Å². The number of methoxy groups -OCH3 is 1. The van der Waals surface area contributed by atoms with Gasteiger partial charge in [0.15, 0.2) is 0 Å². The number of carbonyl (C=O) groups excluding carboxylic acids is 1. The molecule has 3 rings (SSSR count). The number of rotatable bonds is 4. The van der Waals surface area contributed by atoms with E-state index < -0.39 is 12.0 Å². The van der Waals surface area contributed by atoms with Crippen LogP contribution in [0.4, 0.5) is 0 Å². The van der Waals surface area contributed by atoms with Crippen molar-refractivity contribution in [1.82, 2.24) is 9.88 Å². The summed E-state index contributed by atoms with van der Waals surface area (Å²) < 4.78 is 5.70. The Kier molecular flexibility index (Phi) is 4.91. The normalized spacial score (nSPS) is 17.8. The number of carbonyl (C=O) groups is 2. The first-order valence-corrected chi connectivity index (χ1v) is 8.61. The van der Waals surface area contributed by atoms with Crippen LogP contribution in [0.3, 0.4) is 0 Å². The minimum atomic E-state index is -0.882. The fraction of sp³-hybridized carbons (Fsp3) is 0.412. The molecule has 2 aromatic rings. The number of hydrogen-bond donors (Lipinski definition) is 2. The Morgan fingerprint density at radius 3 is 2.71 bits per heavy atom. The van der Waals surface area contributed by atoms with Gasteiger partial charge < -0.3 is 14.8 Å². The first-order chi connectivity index (χ1) is 11.5. The van der Waals surface area contributed by atoms with Crippen LogP contribution in [-0.4, -0.2) is 47.1 Å². The number of halogens is 1. The highest BCUT2D eigenvalue weighted by atomic mass is 79.9. The van der Waals surface area contributed by atoms with E-state index in [1.165, 1.54) is 7.11 Å². The lowest BCUT2D eigenvalue weighted by Gasteiger charge is -2.34. The van der Waals surface area contributed by atoms with Gasteiger partial charge in [0, 0.05) is 40.2 Å². The quantitative estimate of drug-likeness (QED) is 0.778. The number of H-pyrrole nitrogens is 1. The third kappa shape index (κ3) is 3.18. The summed E-state index contributed by atoms with van der Waals surface area (Å²) in [4.78, 5) is 28.7. The number of piperidine rings is 1. The molecule has 0 radical (unpaired) electrons. The van der Waals surface area contributed by atoms with Gasteiger partial charge in [0.25, 0.3) is 0 Å². The lowest BCUT2D eigenvalue weighted by Crippen LogP contribution is -2.41. The Morgan fingerprint density at radius 1 is 1.38 bits per heavy atom. The number of carboxylic acids is 1. The van der Waals surface area contributed by atoms with Gasteiger partial charge in [-0.25, -0.2) is 0 Å². The van der Waals surface area contributed by atoms with Crippen molar-refractivity contribution >= 4 is 38.8 Å². The van der Waals surface area contributed by atoms with Gasteiger partial charge in [-0.1, -0.05) is 15.9 Å². The summed E-state index contributed by atoms with van der Waals surface area (Å²) in [5.41, 5.74) is 1.65. The smallest absolute Gasteiger partial charge is 0.325 e. The van der Waals surface area contributed by atoms with E-state index in [1.807, 2.05) is 23.1 Å². The molecule has 0 aliphatic carbocycles. The van der Waals surface area contributed by atoms with E-state index in [1.54, 1.807) is 6.20 Å². The van der Waals surface area contributed by atoms with E-state index in [4.69, 9.17) is 4.74 Å². The van der Waals surface area contributed by atoms with Gasteiger partial charge in [-0.3, -0.25) is 14.5 Å². The number of likely N-dealkylation sites (tertiary alicyclic amines) is 1. The summed E-state index contributed by atoms with van der Waals surface area (Å²) in [6, 6.07) is 5.04. The van der Waals surface area contributed by atoms with Crippen molar-refractivity contribution in [3.63, 3.8) is 0 Å². The summed E-state index contributed by atoms with van der Waals surface area (Å²) in [6.07, 6.45) is 2.99. The van der Waals surface area contributed by atoms with Crippen molar-refractivity contribution in [2.75, 3.05) is 20.2 Å². The highest BCUT2D eigenvalue weighted by Crippen LogP contribution is 2.33. The molecule has 1 saturated heterocycles. The monoisotopic (exact) mass is 394 g/mol. The third-order valence-corrected chi connectivity index (χ3v) is 5.13. The average molecular weight is 395 g/mol. The van der Waals surface area contributed by atoms with Gasteiger partial charge in [-0.15, -0.1) is 0 Å². The maximum atomic E-state index is 11.9. The maximum Gasteiger partial charge on any atom is 0.325 e. The van der Waals surface area contributed by atoms with Crippen molar-refractivity contribution < 1.29 is 19.4 Å². The van der Waals surface area contributed by atoms with Crippen LogP contribution in [0.5, 0.6) is 0 Å². The van der Waals surface area contributed by atoms with Gasteiger partial charge in [0.2, 0.25) is 0 Å². The van der Waals surface area contributed by atoms with Crippen LogP contribution in [-0.2, 0) is 14.3 Å². The van der Waals surface area contributed by atoms with Crippen molar-refractivity contribution in [3.8, 4) is 0 Å². The van der Waals surface area contributed by atoms with Crippen LogP contribution < -0.4 is 0 Å². The topological polar surface area (TPSA) is 82.6 Å².